The summed E-state index contributed by atoms with van der Waals surface area (Å²) in [4.78, 5) is 0. The Balaban J connectivity index is 2.62. The van der Waals surface area contributed by atoms with E-state index in [1.807, 2.05) is 0 Å². The van der Waals surface area contributed by atoms with Gasteiger partial charge in [0.05, 0.1) is 6.20 Å². The van der Waals surface area contributed by atoms with Gasteiger partial charge < -0.3 is 15.2 Å². The highest BCUT2D eigenvalue weighted by Gasteiger charge is 2.02. The van der Waals surface area contributed by atoms with Gasteiger partial charge in [-0.3, -0.25) is 4.68 Å². The highest BCUT2D eigenvalue weighted by atomic mass is 16.5. The third-order valence-electron chi connectivity index (χ3n) is 1.22. The summed E-state index contributed by atoms with van der Waals surface area (Å²) in [6.07, 6.45) is 1.67. The number of hydrogen-bond donors (Lipinski definition) is 2. The summed E-state index contributed by atoms with van der Waals surface area (Å²) >= 11 is 0. The average molecular weight is 157 g/mol. The van der Waals surface area contributed by atoms with Crippen LogP contribution in [0.4, 0.5) is 5.69 Å². The highest BCUT2D eigenvalue weighted by Crippen LogP contribution is 2.18. The van der Waals surface area contributed by atoms with E-state index in [1.165, 1.54) is 4.68 Å². The van der Waals surface area contributed by atoms with Crippen molar-refractivity contribution in [3.05, 3.63) is 6.20 Å². The molecule has 2 N–H and O–H groups in total. The van der Waals surface area contributed by atoms with E-state index < -0.39 is 0 Å². The van der Waals surface area contributed by atoms with Crippen LogP contribution in [0.1, 0.15) is 0 Å². The van der Waals surface area contributed by atoms with Crippen LogP contribution < -0.4 is 5.32 Å². The first-order chi connectivity index (χ1) is 5.24. The van der Waals surface area contributed by atoms with Crippen LogP contribution >= 0.6 is 0 Å². The van der Waals surface area contributed by atoms with Crippen molar-refractivity contribution in [2.24, 2.45) is 7.05 Å². The van der Waals surface area contributed by atoms with Crippen molar-refractivity contribution in [3.63, 3.8) is 0 Å². The predicted octanol–water partition coefficient (Wildman–Crippen LogP) is 0.142. The van der Waals surface area contributed by atoms with Crippen LogP contribution in [0.2, 0.25) is 0 Å². The third kappa shape index (κ3) is 1.84. The molecule has 0 atom stereocenters. The van der Waals surface area contributed by atoms with Crippen molar-refractivity contribution in [1.29, 1.82) is 0 Å². The Labute approximate surface area is 64.6 Å². The van der Waals surface area contributed by atoms with Crippen molar-refractivity contribution >= 4 is 5.69 Å². The monoisotopic (exact) mass is 157 g/mol. The highest BCUT2D eigenvalue weighted by molar-refractivity contribution is 5.49. The molecule has 0 saturated carbocycles. The number of aryl methyl sites for hydroxylation is 1. The molecule has 0 aromatic carbocycles. The van der Waals surface area contributed by atoms with Crippen molar-refractivity contribution < 1.29 is 9.84 Å². The van der Waals surface area contributed by atoms with Crippen LogP contribution in [0, 0.1) is 0 Å². The molecule has 1 aromatic heterocycles. The number of aromatic hydroxyl groups is 1. The Morgan fingerprint density at radius 1 is 1.82 bits per heavy atom. The maximum absolute atomic E-state index is 9.11. The molecule has 0 aliphatic carbocycles. The van der Waals surface area contributed by atoms with Gasteiger partial charge in [-0.1, -0.05) is 0 Å². The minimum absolute atomic E-state index is 0.00968. The molecule has 0 aliphatic heterocycles. The van der Waals surface area contributed by atoms with Gasteiger partial charge in [-0.2, -0.15) is 0 Å². The van der Waals surface area contributed by atoms with E-state index in [2.05, 4.69) is 10.4 Å². The van der Waals surface area contributed by atoms with Gasteiger partial charge in [-0.05, 0) is 0 Å². The van der Waals surface area contributed by atoms with Crippen LogP contribution in [-0.2, 0) is 11.8 Å². The lowest BCUT2D eigenvalue weighted by Crippen LogP contribution is -2.01. The summed E-state index contributed by atoms with van der Waals surface area (Å²) in [5.74, 6) is -0.00968. The van der Waals surface area contributed by atoms with Gasteiger partial charge in [-0.25, -0.2) is 0 Å². The Bertz CT molecular complexity index is 234. The van der Waals surface area contributed by atoms with E-state index in [0.717, 1.165) is 0 Å². The Morgan fingerprint density at radius 3 is 3.00 bits per heavy atom. The van der Waals surface area contributed by atoms with E-state index in [9.17, 15) is 0 Å². The smallest absolute Gasteiger partial charge is 0.254 e. The molecule has 11 heavy (non-hydrogen) atoms. The third-order valence-corrected chi connectivity index (χ3v) is 1.22. The number of hydrogen-bond acceptors (Lipinski definition) is 4. The summed E-state index contributed by atoms with van der Waals surface area (Å²) in [5.41, 5.74) is 0.578. The standard InChI is InChI=1S/C6H11N3O2/c1-9-3-5(6(10)8-9)7-4-11-2/h3,7H,4H2,1-2H3,(H,8,10). The number of aromatic nitrogens is 2. The number of anilines is 1. The number of nitrogens with one attached hydrogen (secondary N) is 1. The van der Waals surface area contributed by atoms with Crippen LogP contribution in [0.5, 0.6) is 5.88 Å². The Kier molecular flexibility index (Phi) is 2.32. The lowest BCUT2D eigenvalue weighted by Gasteiger charge is -1.99. The molecule has 5 heteroatoms. The minimum atomic E-state index is -0.00968. The number of ether oxygens (including phenoxy) is 1. The van der Waals surface area contributed by atoms with E-state index >= 15 is 0 Å². The van der Waals surface area contributed by atoms with Crippen LogP contribution in [0.25, 0.3) is 0 Å². The predicted molar refractivity (Wildman–Crippen MR) is 40.4 cm³/mol. The van der Waals surface area contributed by atoms with Gasteiger partial charge in [0.1, 0.15) is 12.4 Å². The zero-order chi connectivity index (χ0) is 8.27. The zero-order valence-electron chi connectivity index (χ0n) is 6.53. The molecule has 0 saturated heterocycles. The average Bonchev–Trinajstić information content (AvgIpc) is 2.26. The Hall–Kier alpha value is -1.23. The molecule has 5 nitrogen and oxygen atoms in total. The summed E-state index contributed by atoms with van der Waals surface area (Å²) in [6.45, 7) is 0.360. The molecule has 0 amide bonds. The molecule has 0 spiro atoms. The topological polar surface area (TPSA) is 59.3 Å². The second-order valence-corrected chi connectivity index (χ2v) is 2.15. The molecule has 62 valence electrons. The van der Waals surface area contributed by atoms with Crippen LogP contribution in [-0.4, -0.2) is 28.7 Å². The van der Waals surface area contributed by atoms with Crippen molar-refractivity contribution in [2.45, 2.75) is 0 Å². The second kappa shape index (κ2) is 3.25. The molecule has 1 rings (SSSR count). The van der Waals surface area contributed by atoms with Crippen molar-refractivity contribution in [2.75, 3.05) is 19.2 Å². The summed E-state index contributed by atoms with van der Waals surface area (Å²) < 4.78 is 6.27. The van der Waals surface area contributed by atoms with Gasteiger partial charge in [0.2, 0.25) is 0 Å². The maximum atomic E-state index is 9.11. The first kappa shape index (κ1) is 7.87. The molecule has 0 aliphatic rings. The number of rotatable bonds is 3. The van der Waals surface area contributed by atoms with Gasteiger partial charge in [0, 0.05) is 14.2 Å². The summed E-state index contributed by atoms with van der Waals surface area (Å²) in [5, 5.41) is 15.7. The maximum Gasteiger partial charge on any atom is 0.254 e. The quantitative estimate of drug-likeness (QED) is 0.613. The van der Waals surface area contributed by atoms with Gasteiger partial charge >= 0.3 is 0 Å². The number of methoxy groups -OCH3 is 1. The Morgan fingerprint density at radius 2 is 2.55 bits per heavy atom. The van der Waals surface area contributed by atoms with Crippen molar-refractivity contribution in [3.8, 4) is 5.88 Å². The second-order valence-electron chi connectivity index (χ2n) is 2.15. The SMILES string of the molecule is COCNc1cn(C)nc1O. The molecule has 1 heterocycles. The fourth-order valence-electron chi connectivity index (χ4n) is 0.751. The molecule has 0 radical (unpaired) electrons. The van der Waals surface area contributed by atoms with Gasteiger partial charge in [-0.15, -0.1) is 5.10 Å². The molecular formula is C6H11N3O2. The normalized spacial score (nSPS) is 10.0. The largest absolute Gasteiger partial charge is 0.491 e. The number of nitrogens with zero attached hydrogens (tertiary/aromatic N) is 2. The van der Waals surface area contributed by atoms with Gasteiger partial charge in [0.15, 0.2) is 0 Å². The van der Waals surface area contributed by atoms with Crippen molar-refractivity contribution in [1.82, 2.24) is 9.78 Å². The van der Waals surface area contributed by atoms with E-state index in [1.54, 1.807) is 20.4 Å². The van der Waals surface area contributed by atoms with E-state index in [0.29, 0.717) is 12.4 Å². The summed E-state index contributed by atoms with van der Waals surface area (Å²) in [6, 6.07) is 0. The van der Waals surface area contributed by atoms with Crippen LogP contribution in [0.15, 0.2) is 6.20 Å². The molecule has 0 bridgehead atoms. The van der Waals surface area contributed by atoms with E-state index in [-0.39, 0.29) is 5.88 Å². The first-order valence-corrected chi connectivity index (χ1v) is 3.19. The molecular weight excluding hydrogens is 146 g/mol. The fourth-order valence-corrected chi connectivity index (χ4v) is 0.751. The summed E-state index contributed by atoms with van der Waals surface area (Å²) in [7, 11) is 3.30. The lowest BCUT2D eigenvalue weighted by molar-refractivity contribution is 0.221. The molecule has 0 fully saturated rings. The van der Waals surface area contributed by atoms with Gasteiger partial charge in [0.25, 0.3) is 5.88 Å². The van der Waals surface area contributed by atoms with E-state index in [4.69, 9.17) is 9.84 Å². The first-order valence-electron chi connectivity index (χ1n) is 3.19. The molecule has 1 aromatic rings. The van der Waals surface area contributed by atoms with Crippen LogP contribution in [0.3, 0.4) is 0 Å². The lowest BCUT2D eigenvalue weighted by atomic mass is 10.5. The fraction of sp³-hybridized carbons (Fsp3) is 0.500. The minimum Gasteiger partial charge on any atom is -0.491 e. The molecule has 0 unspecified atom stereocenters. The zero-order valence-corrected chi connectivity index (χ0v) is 6.53.